The lowest BCUT2D eigenvalue weighted by Crippen LogP contribution is -2.37. The van der Waals surface area contributed by atoms with Gasteiger partial charge in [0.1, 0.15) is 10.8 Å². The summed E-state index contributed by atoms with van der Waals surface area (Å²) < 4.78 is 17.0. The lowest BCUT2D eigenvalue weighted by atomic mass is 10.0. The third kappa shape index (κ3) is 5.54. The quantitative estimate of drug-likeness (QED) is 0.234. The zero-order valence-corrected chi connectivity index (χ0v) is 24.4. The van der Waals surface area contributed by atoms with Crippen LogP contribution in [-0.2, 0) is 6.42 Å². The van der Waals surface area contributed by atoms with Crippen LogP contribution in [0.25, 0.3) is 33.6 Å². The highest BCUT2D eigenvalue weighted by Crippen LogP contribution is 2.32. The highest BCUT2D eigenvalue weighted by atomic mass is 35.5. The van der Waals surface area contributed by atoms with E-state index in [1.807, 2.05) is 49.3 Å². The molecule has 8 heteroatoms. The second-order valence-corrected chi connectivity index (χ2v) is 11.5. The van der Waals surface area contributed by atoms with E-state index in [9.17, 15) is 9.59 Å². The van der Waals surface area contributed by atoms with E-state index in [4.69, 9.17) is 16.6 Å². The summed E-state index contributed by atoms with van der Waals surface area (Å²) in [6.07, 6.45) is 5.26. The van der Waals surface area contributed by atoms with E-state index in [0.717, 1.165) is 30.4 Å². The lowest BCUT2D eigenvalue weighted by Gasteiger charge is -2.28. The van der Waals surface area contributed by atoms with Crippen molar-refractivity contribution in [2.24, 2.45) is 0 Å². The van der Waals surface area contributed by atoms with Crippen LogP contribution in [0.15, 0.2) is 64.3 Å². The maximum atomic E-state index is 15.6. The van der Waals surface area contributed by atoms with Crippen molar-refractivity contribution in [2.45, 2.75) is 46.5 Å². The minimum absolute atomic E-state index is 0.161. The predicted molar refractivity (Wildman–Crippen MR) is 162 cm³/mol. The number of hydrogen-bond donors (Lipinski definition) is 0. The number of rotatable bonds is 6. The molecule has 2 aromatic carbocycles. The number of allylic oxidation sites excluding steroid dienone is 1. The molecule has 1 amide bonds. The molecule has 4 aromatic rings. The van der Waals surface area contributed by atoms with Crippen molar-refractivity contribution in [1.82, 2.24) is 14.5 Å². The average molecular weight is 576 g/mol. The zero-order valence-electron chi connectivity index (χ0n) is 22.8. The molecule has 3 heterocycles. The Labute approximate surface area is 242 Å². The fourth-order valence-corrected chi connectivity index (χ4v) is 6.07. The van der Waals surface area contributed by atoms with Crippen LogP contribution in [0, 0.1) is 5.82 Å². The molecule has 2 aromatic heterocycles. The van der Waals surface area contributed by atoms with E-state index in [0.29, 0.717) is 52.1 Å². The monoisotopic (exact) mass is 575 g/mol. The van der Waals surface area contributed by atoms with Gasteiger partial charge in [0.25, 0.3) is 11.5 Å². The van der Waals surface area contributed by atoms with Crippen molar-refractivity contribution in [1.29, 1.82) is 0 Å². The number of halogens is 2. The van der Waals surface area contributed by atoms with Gasteiger partial charge in [0.2, 0.25) is 0 Å². The van der Waals surface area contributed by atoms with Gasteiger partial charge in [-0.05, 0) is 75.4 Å². The Bertz CT molecular complexity index is 1650. The number of pyridine rings is 1. The first-order valence-corrected chi connectivity index (χ1v) is 14.8. The topological polar surface area (TPSA) is 55.2 Å². The number of hydrogen-bond acceptors (Lipinski definition) is 4. The number of thiazole rings is 1. The van der Waals surface area contributed by atoms with Gasteiger partial charge in [-0.3, -0.25) is 14.2 Å². The van der Waals surface area contributed by atoms with Crippen molar-refractivity contribution in [3.05, 3.63) is 97.5 Å². The Kier molecular flexibility index (Phi) is 8.33. The Morgan fingerprint density at radius 3 is 2.50 bits per heavy atom. The molecule has 1 aliphatic heterocycles. The SMILES string of the molecule is CCc1cccc(F)c1-n1c(C=C(C)C)c(C(=O)N2CCCCC2)cc(-c2nc(-c3ccc(Cl)cc3)cs2)c1=O. The summed E-state index contributed by atoms with van der Waals surface area (Å²) in [7, 11) is 0. The molecule has 5 rings (SSSR count). The highest BCUT2D eigenvalue weighted by Gasteiger charge is 2.27. The molecule has 5 nitrogen and oxygen atoms in total. The number of amides is 1. The number of carbonyl (C=O) groups is 1. The number of nitrogens with zero attached hydrogens (tertiary/aromatic N) is 3. The first kappa shape index (κ1) is 28.0. The van der Waals surface area contributed by atoms with Crippen LogP contribution in [-0.4, -0.2) is 33.4 Å². The van der Waals surface area contributed by atoms with Crippen LogP contribution < -0.4 is 5.56 Å². The van der Waals surface area contributed by atoms with Gasteiger partial charge in [0.05, 0.1) is 28.2 Å². The van der Waals surface area contributed by atoms with Crippen LogP contribution >= 0.6 is 22.9 Å². The Morgan fingerprint density at radius 1 is 1.10 bits per heavy atom. The third-order valence-electron chi connectivity index (χ3n) is 7.09. The molecule has 0 radical (unpaired) electrons. The molecule has 0 unspecified atom stereocenters. The van der Waals surface area contributed by atoms with Gasteiger partial charge < -0.3 is 4.90 Å². The van der Waals surface area contributed by atoms with Gasteiger partial charge in [0.15, 0.2) is 0 Å². The Balaban J connectivity index is 1.80. The van der Waals surface area contributed by atoms with Crippen LogP contribution in [0.2, 0.25) is 5.02 Å². The molecule has 206 valence electrons. The van der Waals surface area contributed by atoms with Crippen LogP contribution in [0.1, 0.15) is 61.6 Å². The second-order valence-electron chi connectivity index (χ2n) is 10.2. The van der Waals surface area contributed by atoms with Crippen LogP contribution in [0.5, 0.6) is 0 Å². The lowest BCUT2D eigenvalue weighted by molar-refractivity contribution is 0.0723. The zero-order chi connectivity index (χ0) is 28.4. The van der Waals surface area contributed by atoms with Crippen LogP contribution in [0.4, 0.5) is 4.39 Å². The summed E-state index contributed by atoms with van der Waals surface area (Å²) in [5, 5.41) is 2.96. The van der Waals surface area contributed by atoms with Gasteiger partial charge in [-0.2, -0.15) is 0 Å². The fourth-order valence-electron chi connectivity index (χ4n) is 5.11. The van der Waals surface area contributed by atoms with E-state index < -0.39 is 11.4 Å². The molecule has 0 saturated carbocycles. The molecule has 1 fully saturated rings. The van der Waals surface area contributed by atoms with Crippen molar-refractivity contribution >= 4 is 34.9 Å². The second kappa shape index (κ2) is 11.9. The summed E-state index contributed by atoms with van der Waals surface area (Å²) in [6.45, 7) is 7.03. The summed E-state index contributed by atoms with van der Waals surface area (Å²) in [4.78, 5) is 35.0. The Morgan fingerprint density at radius 2 is 1.82 bits per heavy atom. The molecule has 0 N–H and O–H groups in total. The van der Waals surface area contributed by atoms with Gasteiger partial charge in [0, 0.05) is 29.1 Å². The van der Waals surface area contributed by atoms with Gasteiger partial charge in [-0.15, -0.1) is 11.3 Å². The smallest absolute Gasteiger partial charge is 0.266 e. The molecule has 0 atom stereocenters. The van der Waals surface area contributed by atoms with Crippen molar-refractivity contribution in [2.75, 3.05) is 13.1 Å². The molecule has 0 bridgehead atoms. The summed E-state index contributed by atoms with van der Waals surface area (Å²) >= 11 is 7.38. The van der Waals surface area contributed by atoms with E-state index in [-0.39, 0.29) is 17.2 Å². The maximum Gasteiger partial charge on any atom is 0.266 e. The molecule has 1 saturated heterocycles. The van der Waals surface area contributed by atoms with Crippen molar-refractivity contribution in [3.63, 3.8) is 0 Å². The minimum Gasteiger partial charge on any atom is -0.339 e. The molecule has 1 aliphatic rings. The fraction of sp³-hybridized carbons (Fsp3) is 0.281. The molecular weight excluding hydrogens is 545 g/mol. The summed E-state index contributed by atoms with van der Waals surface area (Å²) in [5.41, 5.74) is 3.90. The third-order valence-corrected chi connectivity index (χ3v) is 8.22. The highest BCUT2D eigenvalue weighted by molar-refractivity contribution is 7.13. The molecular formula is C32H31ClFN3O2S. The average Bonchev–Trinajstić information content (AvgIpc) is 3.44. The normalized spacial score (nSPS) is 13.4. The maximum absolute atomic E-state index is 15.6. The van der Waals surface area contributed by atoms with Crippen LogP contribution in [0.3, 0.4) is 0 Å². The Hall–Kier alpha value is -3.55. The summed E-state index contributed by atoms with van der Waals surface area (Å²) in [5.74, 6) is -0.676. The predicted octanol–water partition coefficient (Wildman–Crippen LogP) is 8.03. The minimum atomic E-state index is -0.514. The molecule has 0 spiro atoms. The van der Waals surface area contributed by atoms with Gasteiger partial charge >= 0.3 is 0 Å². The van der Waals surface area contributed by atoms with Gasteiger partial charge in [-0.25, -0.2) is 9.37 Å². The van der Waals surface area contributed by atoms with Crippen molar-refractivity contribution in [3.8, 4) is 27.5 Å². The van der Waals surface area contributed by atoms with E-state index in [1.54, 1.807) is 30.3 Å². The number of piperidine rings is 1. The number of para-hydroxylation sites is 1. The summed E-state index contributed by atoms with van der Waals surface area (Å²) in [6, 6.07) is 13.8. The number of benzene rings is 2. The first-order chi connectivity index (χ1) is 19.3. The standard InChI is InChI=1S/C32H31ClFN3O2S/c1-4-21-9-8-10-26(34)29(21)37-28(17-20(2)3)24(31(38)36-15-6-5-7-16-36)18-25(32(37)39)30-35-27(19-40-30)22-11-13-23(33)14-12-22/h8-14,17-19H,4-7,15-16H2,1-3H3. The number of aromatic nitrogens is 2. The largest absolute Gasteiger partial charge is 0.339 e. The van der Waals surface area contributed by atoms with E-state index in [2.05, 4.69) is 0 Å². The van der Waals surface area contributed by atoms with Crippen molar-refractivity contribution < 1.29 is 9.18 Å². The van der Waals surface area contributed by atoms with E-state index in [1.165, 1.54) is 22.0 Å². The molecule has 40 heavy (non-hydrogen) atoms. The number of aryl methyl sites for hydroxylation is 1. The van der Waals surface area contributed by atoms with E-state index >= 15 is 4.39 Å². The number of likely N-dealkylation sites (tertiary alicyclic amines) is 1. The first-order valence-electron chi connectivity index (χ1n) is 13.5. The van der Waals surface area contributed by atoms with Gasteiger partial charge in [-0.1, -0.05) is 48.4 Å². The molecule has 0 aliphatic carbocycles. The number of carbonyl (C=O) groups excluding carboxylic acids is 1.